The molecule has 6 heteroatoms. The van der Waals surface area contributed by atoms with E-state index in [2.05, 4.69) is 0 Å². The number of nitrogens with zero attached hydrogens (tertiary/aromatic N) is 2. The molecule has 0 amide bonds. The van der Waals surface area contributed by atoms with Gasteiger partial charge >= 0.3 is 0 Å². The lowest BCUT2D eigenvalue weighted by Gasteiger charge is -2.33. The van der Waals surface area contributed by atoms with E-state index in [0.717, 1.165) is 43.4 Å². The van der Waals surface area contributed by atoms with Crippen molar-refractivity contribution >= 4 is 10.2 Å². The van der Waals surface area contributed by atoms with Crippen LogP contribution in [0.4, 0.5) is 0 Å². The maximum Gasteiger partial charge on any atom is 0.282 e. The van der Waals surface area contributed by atoms with Crippen LogP contribution >= 0.6 is 0 Å². The normalized spacial score (nSPS) is 24.5. The number of hydrogen-bond donors (Lipinski definition) is 0. The van der Waals surface area contributed by atoms with Crippen LogP contribution in [0.15, 0.2) is 24.3 Å². The van der Waals surface area contributed by atoms with E-state index in [4.69, 9.17) is 4.74 Å². The van der Waals surface area contributed by atoms with E-state index in [1.807, 2.05) is 24.3 Å². The summed E-state index contributed by atoms with van der Waals surface area (Å²) in [6, 6.07) is 7.70. The van der Waals surface area contributed by atoms with Crippen LogP contribution in [0, 0.1) is 0 Å². The van der Waals surface area contributed by atoms with E-state index in [1.165, 1.54) is 0 Å². The van der Waals surface area contributed by atoms with Crippen LogP contribution in [0.5, 0.6) is 5.75 Å². The maximum atomic E-state index is 12.9. The Labute approximate surface area is 133 Å². The van der Waals surface area contributed by atoms with Crippen molar-refractivity contribution in [3.63, 3.8) is 0 Å². The number of piperidine rings is 1. The summed E-state index contributed by atoms with van der Waals surface area (Å²) in [5.41, 5.74) is 1.03. The molecule has 2 heterocycles. The van der Waals surface area contributed by atoms with E-state index in [9.17, 15) is 8.42 Å². The van der Waals surface area contributed by atoms with E-state index < -0.39 is 10.2 Å². The van der Waals surface area contributed by atoms with E-state index in [-0.39, 0.29) is 6.04 Å². The van der Waals surface area contributed by atoms with Gasteiger partial charge in [-0.3, -0.25) is 0 Å². The lowest BCUT2D eigenvalue weighted by molar-refractivity contribution is 0.296. The van der Waals surface area contributed by atoms with Gasteiger partial charge in [0.15, 0.2) is 0 Å². The molecule has 22 heavy (non-hydrogen) atoms. The first kappa shape index (κ1) is 15.8. The molecule has 0 aromatic heterocycles. The molecule has 2 saturated heterocycles. The molecule has 0 spiro atoms. The van der Waals surface area contributed by atoms with Crippen molar-refractivity contribution in [2.45, 2.75) is 38.1 Å². The summed E-state index contributed by atoms with van der Waals surface area (Å²) in [5.74, 6) is 0.778. The second-order valence-corrected chi connectivity index (χ2v) is 7.89. The fourth-order valence-corrected chi connectivity index (χ4v) is 5.37. The third kappa shape index (κ3) is 3.00. The zero-order chi connectivity index (χ0) is 15.6. The molecule has 0 radical (unpaired) electrons. The SMILES string of the molecule is COc1cccc([C@H]2CCCN2S(=O)(=O)N2CCCCC2)c1. The predicted octanol–water partition coefficient (Wildman–Crippen LogP) is 2.56. The Morgan fingerprint density at radius 1 is 1.09 bits per heavy atom. The van der Waals surface area contributed by atoms with Gasteiger partial charge in [-0.25, -0.2) is 0 Å². The Balaban J connectivity index is 1.85. The van der Waals surface area contributed by atoms with Crippen molar-refractivity contribution in [1.29, 1.82) is 0 Å². The number of methoxy groups -OCH3 is 1. The minimum atomic E-state index is -3.35. The first-order valence-electron chi connectivity index (χ1n) is 8.04. The van der Waals surface area contributed by atoms with Gasteiger partial charge in [0.1, 0.15) is 5.75 Å². The fraction of sp³-hybridized carbons (Fsp3) is 0.625. The molecule has 2 fully saturated rings. The highest BCUT2D eigenvalue weighted by molar-refractivity contribution is 7.86. The molecule has 0 aliphatic carbocycles. The van der Waals surface area contributed by atoms with Crippen molar-refractivity contribution in [1.82, 2.24) is 8.61 Å². The van der Waals surface area contributed by atoms with Gasteiger partial charge in [-0.2, -0.15) is 17.0 Å². The van der Waals surface area contributed by atoms with Crippen molar-refractivity contribution in [3.05, 3.63) is 29.8 Å². The Kier molecular flexibility index (Phi) is 4.70. The summed E-state index contributed by atoms with van der Waals surface area (Å²) in [6.45, 7) is 1.92. The highest BCUT2D eigenvalue weighted by atomic mass is 32.2. The van der Waals surface area contributed by atoms with Gasteiger partial charge in [-0.1, -0.05) is 18.6 Å². The van der Waals surface area contributed by atoms with Crippen molar-refractivity contribution in [2.24, 2.45) is 0 Å². The molecule has 1 atom stereocenters. The Hall–Kier alpha value is -1.11. The van der Waals surface area contributed by atoms with Crippen LogP contribution in [0.25, 0.3) is 0 Å². The molecule has 2 aliphatic rings. The van der Waals surface area contributed by atoms with Crippen LogP contribution in [0.2, 0.25) is 0 Å². The quantitative estimate of drug-likeness (QED) is 0.855. The monoisotopic (exact) mass is 324 g/mol. The number of hydrogen-bond acceptors (Lipinski definition) is 3. The average Bonchev–Trinajstić information content (AvgIpc) is 3.06. The largest absolute Gasteiger partial charge is 0.497 e. The van der Waals surface area contributed by atoms with E-state index in [1.54, 1.807) is 15.7 Å². The van der Waals surface area contributed by atoms with Gasteiger partial charge in [-0.05, 0) is 43.4 Å². The molecule has 0 unspecified atom stereocenters. The minimum absolute atomic E-state index is 0.0676. The molecule has 3 rings (SSSR count). The zero-order valence-electron chi connectivity index (χ0n) is 13.1. The molecule has 5 nitrogen and oxygen atoms in total. The molecule has 2 aliphatic heterocycles. The summed E-state index contributed by atoms with van der Waals surface area (Å²) in [4.78, 5) is 0. The third-order valence-corrected chi connectivity index (χ3v) is 6.67. The van der Waals surface area contributed by atoms with Crippen molar-refractivity contribution in [3.8, 4) is 5.75 Å². The Bertz CT molecular complexity index is 612. The third-order valence-electron chi connectivity index (χ3n) is 4.62. The Morgan fingerprint density at radius 3 is 2.59 bits per heavy atom. The van der Waals surface area contributed by atoms with Crippen LogP contribution in [0.1, 0.15) is 43.7 Å². The minimum Gasteiger partial charge on any atom is -0.497 e. The second-order valence-electron chi connectivity index (χ2n) is 6.01. The molecule has 122 valence electrons. The van der Waals surface area contributed by atoms with E-state index in [0.29, 0.717) is 19.6 Å². The topological polar surface area (TPSA) is 49.9 Å². The molecular weight excluding hydrogens is 300 g/mol. The number of rotatable bonds is 4. The van der Waals surface area contributed by atoms with Gasteiger partial charge in [0, 0.05) is 19.6 Å². The summed E-state index contributed by atoms with van der Waals surface area (Å²) >= 11 is 0. The summed E-state index contributed by atoms with van der Waals surface area (Å²) in [6.07, 6.45) is 4.86. The Morgan fingerprint density at radius 2 is 1.86 bits per heavy atom. The van der Waals surface area contributed by atoms with Crippen molar-refractivity contribution < 1.29 is 13.2 Å². The summed E-state index contributed by atoms with van der Waals surface area (Å²) in [7, 11) is -1.72. The molecule has 1 aromatic rings. The molecule has 0 N–H and O–H groups in total. The lowest BCUT2D eigenvalue weighted by Crippen LogP contribution is -2.45. The average molecular weight is 324 g/mol. The van der Waals surface area contributed by atoms with E-state index >= 15 is 0 Å². The second kappa shape index (κ2) is 6.56. The van der Waals surface area contributed by atoms with Crippen LogP contribution in [-0.2, 0) is 10.2 Å². The maximum absolute atomic E-state index is 12.9. The summed E-state index contributed by atoms with van der Waals surface area (Å²) < 4.78 is 34.5. The van der Waals surface area contributed by atoms with Crippen LogP contribution in [0.3, 0.4) is 0 Å². The standard InChI is InChI=1S/C16H24N2O3S/c1-21-15-8-5-7-14(13-15)16-9-6-12-18(16)22(19,20)17-10-3-2-4-11-17/h5,7-8,13,16H,2-4,6,9-12H2,1H3/t16-/m1/s1. The fourth-order valence-electron chi connectivity index (χ4n) is 3.44. The lowest BCUT2D eigenvalue weighted by atomic mass is 10.1. The first-order chi connectivity index (χ1) is 10.6. The molecular formula is C16H24N2O3S. The number of ether oxygens (including phenoxy) is 1. The number of benzene rings is 1. The highest BCUT2D eigenvalue weighted by Crippen LogP contribution is 2.36. The van der Waals surface area contributed by atoms with Gasteiger partial charge in [0.25, 0.3) is 10.2 Å². The zero-order valence-corrected chi connectivity index (χ0v) is 13.9. The van der Waals surface area contributed by atoms with Gasteiger partial charge < -0.3 is 4.74 Å². The highest BCUT2D eigenvalue weighted by Gasteiger charge is 2.39. The van der Waals surface area contributed by atoms with Crippen LogP contribution < -0.4 is 4.74 Å². The summed E-state index contributed by atoms with van der Waals surface area (Å²) in [5, 5.41) is 0. The molecule has 1 aromatic carbocycles. The molecule has 0 bridgehead atoms. The van der Waals surface area contributed by atoms with Gasteiger partial charge in [0.2, 0.25) is 0 Å². The van der Waals surface area contributed by atoms with Gasteiger partial charge in [0.05, 0.1) is 13.2 Å². The predicted molar refractivity (Wildman–Crippen MR) is 86.0 cm³/mol. The van der Waals surface area contributed by atoms with Crippen LogP contribution in [-0.4, -0.2) is 43.8 Å². The smallest absolute Gasteiger partial charge is 0.282 e. The van der Waals surface area contributed by atoms with Gasteiger partial charge in [-0.15, -0.1) is 0 Å². The first-order valence-corrected chi connectivity index (χ1v) is 9.43. The van der Waals surface area contributed by atoms with Crippen molar-refractivity contribution in [2.75, 3.05) is 26.7 Å². The molecule has 0 saturated carbocycles.